The Morgan fingerprint density at radius 2 is 2.10 bits per heavy atom. The van der Waals surface area contributed by atoms with E-state index in [0.717, 1.165) is 11.2 Å². The Hall–Kier alpha value is -3.36. The number of aromatic nitrogens is 5. The number of hydrogen-bond acceptors (Lipinski definition) is 6. The quantitative estimate of drug-likeness (QED) is 0.609. The molecule has 2 N–H and O–H groups in total. The summed E-state index contributed by atoms with van der Waals surface area (Å²) in [6.45, 7) is 12.3. The molecule has 9 heteroatoms. The molecule has 0 aliphatic carbocycles. The van der Waals surface area contributed by atoms with Crippen LogP contribution in [0.4, 0.5) is 17.6 Å². The summed E-state index contributed by atoms with van der Waals surface area (Å²) >= 11 is 0. The molecule has 3 aromatic heterocycles. The Morgan fingerprint density at radius 1 is 1.33 bits per heavy atom. The number of H-pyrrole nitrogens is 1. The average molecular weight is 409 g/mol. The van der Waals surface area contributed by atoms with E-state index in [1.54, 1.807) is 0 Å². The predicted molar refractivity (Wildman–Crippen MR) is 117 cm³/mol. The summed E-state index contributed by atoms with van der Waals surface area (Å²) in [5, 5.41) is 15.1. The van der Waals surface area contributed by atoms with Crippen molar-refractivity contribution in [3.63, 3.8) is 0 Å². The van der Waals surface area contributed by atoms with Crippen LogP contribution >= 0.6 is 0 Å². The Bertz CT molecular complexity index is 1060. The zero-order valence-electron chi connectivity index (χ0n) is 17.7. The summed E-state index contributed by atoms with van der Waals surface area (Å²) in [5.41, 5.74) is 1.42. The molecule has 1 amide bonds. The average Bonchev–Trinajstić information content (AvgIpc) is 3.36. The third-order valence-corrected chi connectivity index (χ3v) is 5.42. The summed E-state index contributed by atoms with van der Waals surface area (Å²) < 4.78 is 1.81. The van der Waals surface area contributed by atoms with E-state index in [1.807, 2.05) is 60.7 Å². The van der Waals surface area contributed by atoms with Crippen LogP contribution in [-0.4, -0.2) is 61.8 Å². The molecule has 4 heterocycles. The van der Waals surface area contributed by atoms with Crippen LogP contribution in [0.1, 0.15) is 26.0 Å². The van der Waals surface area contributed by atoms with E-state index in [1.165, 1.54) is 0 Å². The van der Waals surface area contributed by atoms with Crippen LogP contribution in [0.5, 0.6) is 0 Å². The van der Waals surface area contributed by atoms with Gasteiger partial charge in [0.25, 0.3) is 0 Å². The topological polar surface area (TPSA) is 94.5 Å². The predicted octanol–water partition coefficient (Wildman–Crippen LogP) is 2.76. The lowest BCUT2D eigenvalue weighted by Crippen LogP contribution is -2.52. The number of carbonyl (C=O) groups is 1. The van der Waals surface area contributed by atoms with Gasteiger partial charge in [-0.05, 0) is 25.5 Å². The number of aryl methyl sites for hydroxylation is 1. The van der Waals surface area contributed by atoms with Crippen LogP contribution in [0.3, 0.4) is 0 Å². The molecule has 0 unspecified atom stereocenters. The monoisotopic (exact) mass is 408 g/mol. The van der Waals surface area contributed by atoms with Crippen LogP contribution in [0.25, 0.3) is 5.52 Å². The Kier molecular flexibility index (Phi) is 5.19. The molecule has 158 valence electrons. The molecule has 1 aliphatic rings. The fourth-order valence-electron chi connectivity index (χ4n) is 3.74. The zero-order valence-corrected chi connectivity index (χ0v) is 17.7. The zero-order chi connectivity index (χ0) is 21.3. The van der Waals surface area contributed by atoms with Crippen molar-refractivity contribution in [2.75, 3.05) is 36.4 Å². The van der Waals surface area contributed by atoms with Crippen molar-refractivity contribution >= 4 is 29.0 Å². The number of hydrogen-bond donors (Lipinski definition) is 2. The van der Waals surface area contributed by atoms with Gasteiger partial charge in [-0.2, -0.15) is 10.1 Å². The largest absolute Gasteiger partial charge is 0.339 e. The molecular weight excluding hydrogens is 380 g/mol. The van der Waals surface area contributed by atoms with Crippen LogP contribution < -0.4 is 10.2 Å². The molecule has 30 heavy (non-hydrogen) atoms. The maximum Gasteiger partial charge on any atom is 0.245 e. The molecule has 1 saturated heterocycles. The molecule has 1 fully saturated rings. The molecule has 0 atom stereocenters. The number of piperazine rings is 1. The number of carbonyl (C=O) groups excluding carboxylic acids is 1. The van der Waals surface area contributed by atoms with E-state index >= 15 is 0 Å². The Labute approximate surface area is 175 Å². The van der Waals surface area contributed by atoms with E-state index in [4.69, 9.17) is 4.98 Å². The van der Waals surface area contributed by atoms with Crippen LogP contribution in [0.15, 0.2) is 37.1 Å². The minimum Gasteiger partial charge on any atom is -0.339 e. The Morgan fingerprint density at radius 3 is 2.77 bits per heavy atom. The molecule has 0 aromatic carbocycles. The normalized spacial score (nSPS) is 14.9. The molecule has 1 aliphatic heterocycles. The van der Waals surface area contributed by atoms with Gasteiger partial charge in [0, 0.05) is 49.6 Å². The van der Waals surface area contributed by atoms with Crippen molar-refractivity contribution in [1.29, 1.82) is 0 Å². The van der Waals surface area contributed by atoms with Gasteiger partial charge >= 0.3 is 0 Å². The van der Waals surface area contributed by atoms with Gasteiger partial charge in [-0.15, -0.1) is 11.7 Å². The number of allylic oxidation sites excluding steroid dienone is 1. The molecule has 0 spiro atoms. The molecule has 3 aromatic rings. The highest BCUT2D eigenvalue weighted by molar-refractivity contribution is 5.82. The number of amides is 1. The summed E-state index contributed by atoms with van der Waals surface area (Å²) in [6.07, 6.45) is 4.38. The van der Waals surface area contributed by atoms with Gasteiger partial charge < -0.3 is 15.1 Å². The van der Waals surface area contributed by atoms with Crippen molar-refractivity contribution in [3.05, 3.63) is 42.7 Å². The van der Waals surface area contributed by atoms with Gasteiger partial charge in [0.2, 0.25) is 11.9 Å². The highest BCUT2D eigenvalue weighted by atomic mass is 16.2. The number of nitrogens with zero attached hydrogens (tertiary/aromatic N) is 6. The summed E-state index contributed by atoms with van der Waals surface area (Å²) in [7, 11) is 0. The first-order valence-electron chi connectivity index (χ1n) is 10.2. The molecule has 0 radical (unpaired) electrons. The van der Waals surface area contributed by atoms with Crippen molar-refractivity contribution < 1.29 is 4.79 Å². The van der Waals surface area contributed by atoms with Gasteiger partial charge in [0.05, 0.1) is 0 Å². The first-order chi connectivity index (χ1) is 14.4. The number of nitrogens with one attached hydrogen (secondary N) is 2. The highest BCUT2D eigenvalue weighted by Gasteiger charge is 2.33. The highest BCUT2D eigenvalue weighted by Crippen LogP contribution is 2.26. The van der Waals surface area contributed by atoms with Gasteiger partial charge in [-0.3, -0.25) is 9.89 Å². The number of aromatic amines is 1. The van der Waals surface area contributed by atoms with Crippen LogP contribution in [-0.2, 0) is 4.79 Å². The molecular formula is C21H28N8O. The van der Waals surface area contributed by atoms with Crippen molar-refractivity contribution in [2.45, 2.75) is 27.2 Å². The van der Waals surface area contributed by atoms with Gasteiger partial charge in [0.15, 0.2) is 11.6 Å². The van der Waals surface area contributed by atoms with Gasteiger partial charge in [0.1, 0.15) is 5.52 Å². The van der Waals surface area contributed by atoms with Gasteiger partial charge in [-0.25, -0.2) is 4.52 Å². The second kappa shape index (κ2) is 7.81. The Balaban J connectivity index is 1.52. The molecule has 9 nitrogen and oxygen atoms in total. The number of fused-ring (bicyclic) bond motifs is 1. The summed E-state index contributed by atoms with van der Waals surface area (Å²) in [4.78, 5) is 21.7. The molecule has 0 saturated carbocycles. The molecule has 0 bridgehead atoms. The van der Waals surface area contributed by atoms with Crippen molar-refractivity contribution in [2.24, 2.45) is 5.41 Å². The van der Waals surface area contributed by atoms with Crippen LogP contribution in [0.2, 0.25) is 0 Å². The second-order valence-electron chi connectivity index (χ2n) is 8.32. The van der Waals surface area contributed by atoms with E-state index in [-0.39, 0.29) is 5.91 Å². The van der Waals surface area contributed by atoms with Crippen LogP contribution in [0, 0.1) is 12.3 Å². The number of anilines is 3. The standard InChI is InChI=1S/C21H28N8O/c1-5-8-21(3,4)19(30)27-10-12-28(13-11-27)20-23-18(16-7-6-9-29(16)26-20)22-17-14-15(2)24-25-17/h5-7,9,14H,1,8,10-13H2,2-4H3,(H2,22,23,24,25,26). The van der Waals surface area contributed by atoms with E-state index in [0.29, 0.717) is 50.2 Å². The third kappa shape index (κ3) is 3.87. The van der Waals surface area contributed by atoms with Gasteiger partial charge in [-0.1, -0.05) is 19.9 Å². The third-order valence-electron chi connectivity index (χ3n) is 5.42. The van der Waals surface area contributed by atoms with E-state index < -0.39 is 5.41 Å². The lowest BCUT2D eigenvalue weighted by atomic mass is 9.87. The van der Waals surface area contributed by atoms with Crippen molar-refractivity contribution in [3.8, 4) is 0 Å². The minimum absolute atomic E-state index is 0.167. The first-order valence-corrected chi connectivity index (χ1v) is 10.2. The number of rotatable bonds is 6. The minimum atomic E-state index is -0.427. The lowest BCUT2D eigenvalue weighted by molar-refractivity contribution is -0.140. The lowest BCUT2D eigenvalue weighted by Gasteiger charge is -2.38. The molecule has 4 rings (SSSR count). The van der Waals surface area contributed by atoms with Crippen molar-refractivity contribution in [1.82, 2.24) is 29.7 Å². The second-order valence-corrected chi connectivity index (χ2v) is 8.32. The first kappa shape index (κ1) is 19.9. The summed E-state index contributed by atoms with van der Waals surface area (Å²) in [5.74, 6) is 2.20. The smallest absolute Gasteiger partial charge is 0.245 e. The fraction of sp³-hybridized carbons (Fsp3) is 0.429. The van der Waals surface area contributed by atoms with E-state index in [2.05, 4.69) is 32.1 Å². The maximum atomic E-state index is 12.9. The fourth-order valence-corrected chi connectivity index (χ4v) is 3.74. The summed E-state index contributed by atoms with van der Waals surface area (Å²) in [6, 6.07) is 5.83. The maximum absolute atomic E-state index is 12.9. The SMILES string of the molecule is C=CCC(C)(C)C(=O)N1CCN(c2nc(Nc3cc(C)[nH]n3)c3cccn3n2)CC1. The van der Waals surface area contributed by atoms with E-state index in [9.17, 15) is 4.79 Å².